The lowest BCUT2D eigenvalue weighted by molar-refractivity contribution is 0.104. The van der Waals surface area contributed by atoms with Gasteiger partial charge in [0.1, 0.15) is 0 Å². The third kappa shape index (κ3) is 3.46. The molecule has 2 radical (unpaired) electrons. The fourth-order valence-electron chi connectivity index (χ4n) is 2.53. The van der Waals surface area contributed by atoms with Crippen LogP contribution in [0.2, 0.25) is 0 Å². The van der Waals surface area contributed by atoms with Gasteiger partial charge >= 0.3 is 16.6 Å². The summed E-state index contributed by atoms with van der Waals surface area (Å²) < 4.78 is 72.5. The molecule has 0 bridgehead atoms. The van der Waals surface area contributed by atoms with E-state index < -0.39 is 46.2 Å². The third-order valence-electron chi connectivity index (χ3n) is 3.88. The summed E-state index contributed by atoms with van der Waals surface area (Å²) in [5, 5.41) is 1.60. The summed E-state index contributed by atoms with van der Waals surface area (Å²) in [5.74, 6) is -12.3. The van der Waals surface area contributed by atoms with E-state index >= 15 is 0 Å². The zero-order chi connectivity index (χ0) is 19.7. The van der Waals surface area contributed by atoms with Gasteiger partial charge in [0.2, 0.25) is 5.82 Å². The summed E-state index contributed by atoms with van der Waals surface area (Å²) in [6.07, 6.45) is 0.662. The molecule has 0 aliphatic carbocycles. The molecule has 0 fully saturated rings. The van der Waals surface area contributed by atoms with Crippen molar-refractivity contribution in [3.63, 3.8) is 0 Å². The van der Waals surface area contributed by atoms with Crippen molar-refractivity contribution < 1.29 is 30.5 Å². The van der Waals surface area contributed by atoms with E-state index in [4.69, 9.17) is 0 Å². The lowest BCUT2D eigenvalue weighted by Crippen LogP contribution is -2.09. The van der Waals surface area contributed by atoms with Crippen molar-refractivity contribution in [2.45, 2.75) is 0 Å². The molecule has 3 aromatic carbocycles. The van der Waals surface area contributed by atoms with Crippen LogP contribution in [0.3, 0.4) is 0 Å². The Hall–Kier alpha value is -2.69. The van der Waals surface area contributed by atoms with Crippen molar-refractivity contribution >= 4 is 38.9 Å². The lowest BCUT2D eigenvalue weighted by Gasteiger charge is -2.13. The molecular weight excluding hydrogens is 382 g/mol. The number of allylic oxidation sites excluding steroid dienone is 1. The Labute approximate surface area is 158 Å². The van der Waals surface area contributed by atoms with Gasteiger partial charge in [0.05, 0.1) is 11.3 Å². The van der Waals surface area contributed by atoms with Crippen LogP contribution in [0.15, 0.2) is 48.5 Å². The summed E-state index contributed by atoms with van der Waals surface area (Å²) in [4.78, 5) is 12.4. The molecule has 27 heavy (non-hydrogen) atoms. The number of carbonyl (C=O) groups excluding carboxylic acids is 1. The average molecular weight is 390 g/mol. The molecule has 8 heteroatoms. The van der Waals surface area contributed by atoms with Crippen molar-refractivity contribution in [2.75, 3.05) is 0 Å². The monoisotopic (exact) mass is 390 g/mol. The predicted octanol–water partition coefficient (Wildman–Crippen LogP) is 4.86. The quantitative estimate of drug-likeness (QED) is 0.121. The highest BCUT2D eigenvalue weighted by molar-refractivity contribution is 6.11. The normalized spacial score (nSPS) is 11.7. The number of rotatable bonds is 4. The molecule has 0 aliphatic heterocycles. The van der Waals surface area contributed by atoms with Gasteiger partial charge in [-0.25, -0.2) is 22.0 Å². The number of halogens is 5. The highest BCUT2D eigenvalue weighted by Gasteiger charge is 2.28. The first kappa shape index (κ1) is 19.1. The molecule has 3 rings (SSSR count). The maximum absolute atomic E-state index is 13.9. The van der Waals surface area contributed by atoms with Gasteiger partial charge in [-0.1, -0.05) is 36.4 Å². The summed E-state index contributed by atoms with van der Waals surface area (Å²) >= 11 is 1.61. The van der Waals surface area contributed by atoms with E-state index in [1.165, 1.54) is 12.1 Å². The molecule has 0 saturated carbocycles. The SMILES string of the molecule is O=C(C=C([O][Al])c1c(F)c(F)c(F)c(F)c1F)c1ccc2ccccc2c1. The predicted molar refractivity (Wildman–Crippen MR) is 89.3 cm³/mol. The molecule has 0 heterocycles. The van der Waals surface area contributed by atoms with Gasteiger partial charge in [-0.3, -0.25) is 4.79 Å². The van der Waals surface area contributed by atoms with Crippen LogP contribution in [0.4, 0.5) is 22.0 Å². The van der Waals surface area contributed by atoms with Crippen molar-refractivity contribution in [1.82, 2.24) is 0 Å². The first-order chi connectivity index (χ1) is 12.8. The standard InChI is InChI=1S/C19H9F5O2.Al/c20-15-14(16(21)18(23)19(24)17(15)22)13(26)8-12(25)11-6-5-9-3-1-2-4-10(9)7-11;/h1-8,26H;/q;+1/p-1. The Kier molecular flexibility index (Phi) is 5.31. The minimum Gasteiger partial charge on any atom is -0.653 e. The van der Waals surface area contributed by atoms with Crippen LogP contribution in [0.25, 0.3) is 16.5 Å². The first-order valence-electron chi connectivity index (χ1n) is 7.48. The second kappa shape index (κ2) is 7.51. The van der Waals surface area contributed by atoms with E-state index in [9.17, 15) is 26.7 Å². The molecule has 0 aliphatic rings. The largest absolute Gasteiger partial charge is 0.653 e. The van der Waals surface area contributed by atoms with E-state index in [2.05, 4.69) is 3.79 Å². The molecule has 0 atom stereocenters. The second-order valence-electron chi connectivity index (χ2n) is 5.50. The number of hydrogen-bond donors (Lipinski definition) is 0. The molecule has 0 saturated heterocycles. The van der Waals surface area contributed by atoms with Crippen LogP contribution in [0, 0.1) is 29.1 Å². The zero-order valence-electron chi connectivity index (χ0n) is 13.4. The molecule has 0 spiro atoms. The van der Waals surface area contributed by atoms with Crippen LogP contribution in [-0.2, 0) is 3.79 Å². The van der Waals surface area contributed by atoms with Gasteiger partial charge in [0.15, 0.2) is 29.1 Å². The van der Waals surface area contributed by atoms with Crippen LogP contribution < -0.4 is 0 Å². The minimum atomic E-state index is -2.29. The Balaban J connectivity index is 2.10. The fourth-order valence-corrected chi connectivity index (χ4v) is 2.72. The van der Waals surface area contributed by atoms with Crippen LogP contribution in [0.1, 0.15) is 15.9 Å². The van der Waals surface area contributed by atoms with Crippen LogP contribution in [0.5, 0.6) is 0 Å². The molecule has 2 nitrogen and oxygen atoms in total. The maximum atomic E-state index is 13.9. The molecule has 134 valence electrons. The third-order valence-corrected chi connectivity index (χ3v) is 4.13. The fraction of sp³-hybridized carbons (Fsp3) is 0. The molecule has 3 aromatic rings. The highest BCUT2D eigenvalue weighted by Crippen LogP contribution is 2.29. The zero-order valence-corrected chi connectivity index (χ0v) is 14.6. The Morgan fingerprint density at radius 3 is 1.96 bits per heavy atom. The van der Waals surface area contributed by atoms with E-state index in [-0.39, 0.29) is 5.56 Å². The van der Waals surface area contributed by atoms with Gasteiger partial charge in [0.25, 0.3) is 0 Å². The van der Waals surface area contributed by atoms with Gasteiger partial charge in [-0.2, -0.15) is 0 Å². The molecule has 0 amide bonds. The average Bonchev–Trinajstić information content (AvgIpc) is 2.69. The molecule has 0 aromatic heterocycles. The van der Waals surface area contributed by atoms with Gasteiger partial charge < -0.3 is 3.79 Å². The summed E-state index contributed by atoms with van der Waals surface area (Å²) in [7, 11) is 0. The van der Waals surface area contributed by atoms with E-state index in [1.807, 2.05) is 12.1 Å². The molecule has 0 unspecified atom stereocenters. The second-order valence-corrected chi connectivity index (χ2v) is 5.73. The number of ketones is 1. The number of carbonyl (C=O) groups is 1. The van der Waals surface area contributed by atoms with Crippen LogP contribution >= 0.6 is 0 Å². The van der Waals surface area contributed by atoms with Crippen molar-refractivity contribution in [2.24, 2.45) is 0 Å². The first-order valence-corrected chi connectivity index (χ1v) is 7.95. The van der Waals surface area contributed by atoms with Crippen LogP contribution in [-0.4, -0.2) is 22.4 Å². The Morgan fingerprint density at radius 2 is 1.37 bits per heavy atom. The summed E-state index contributed by atoms with van der Waals surface area (Å²) in [5.41, 5.74) is -1.17. The Morgan fingerprint density at radius 1 is 0.815 bits per heavy atom. The van der Waals surface area contributed by atoms with Gasteiger partial charge in [0, 0.05) is 11.6 Å². The smallest absolute Gasteiger partial charge is 0.482 e. The minimum absolute atomic E-state index is 0.150. The highest BCUT2D eigenvalue weighted by atomic mass is 27.1. The van der Waals surface area contributed by atoms with Gasteiger partial charge in [-0.15, -0.1) is 0 Å². The van der Waals surface area contributed by atoms with E-state index in [1.54, 1.807) is 34.8 Å². The molecular formula is C19H8AlF5O2. The summed E-state index contributed by atoms with van der Waals surface area (Å²) in [6.45, 7) is 0. The Bertz CT molecular complexity index is 1070. The van der Waals surface area contributed by atoms with E-state index in [0.29, 0.717) is 6.08 Å². The van der Waals surface area contributed by atoms with Crippen molar-refractivity contribution in [3.05, 3.63) is 88.8 Å². The number of hydrogen-bond acceptors (Lipinski definition) is 2. The van der Waals surface area contributed by atoms with Crippen molar-refractivity contribution in [1.29, 1.82) is 0 Å². The summed E-state index contributed by atoms with van der Waals surface area (Å²) in [6, 6.07) is 11.8. The number of fused-ring (bicyclic) bond motifs is 1. The maximum Gasteiger partial charge on any atom is 0.482 e. The van der Waals surface area contributed by atoms with E-state index in [0.717, 1.165) is 10.8 Å². The lowest BCUT2D eigenvalue weighted by atomic mass is 10.0. The number of benzene rings is 3. The van der Waals surface area contributed by atoms with Crippen molar-refractivity contribution in [3.8, 4) is 0 Å². The van der Waals surface area contributed by atoms with Gasteiger partial charge in [-0.05, 0) is 16.8 Å². The molecule has 0 N–H and O–H groups in total. The topological polar surface area (TPSA) is 26.3 Å².